The first kappa shape index (κ1) is 21.1. The summed E-state index contributed by atoms with van der Waals surface area (Å²) in [6, 6.07) is -3.12. The van der Waals surface area contributed by atoms with Gasteiger partial charge in [-0.25, -0.2) is 0 Å². The molecular formula is C10H16N8O6. The maximum atomic E-state index is 11.5. The first-order valence-electron chi connectivity index (χ1n) is 6.44. The molecule has 24 heavy (non-hydrogen) atoms. The number of azide groups is 2. The maximum Gasteiger partial charge on any atom is 0.226 e. The summed E-state index contributed by atoms with van der Waals surface area (Å²) in [7, 11) is 0. The van der Waals surface area contributed by atoms with Crippen LogP contribution >= 0.6 is 0 Å². The summed E-state index contributed by atoms with van der Waals surface area (Å²) < 4.78 is 0. The van der Waals surface area contributed by atoms with Crippen LogP contribution in [0.15, 0.2) is 10.2 Å². The monoisotopic (exact) mass is 344 g/mol. The largest absolute Gasteiger partial charge is 0.394 e. The molecule has 0 aromatic rings. The summed E-state index contributed by atoms with van der Waals surface area (Å²) in [5.41, 5.74) is 16.2. The number of amides is 2. The molecule has 0 spiro atoms. The average molecular weight is 344 g/mol. The molecule has 132 valence electrons. The van der Waals surface area contributed by atoms with Crippen LogP contribution in [0.25, 0.3) is 20.9 Å². The van der Waals surface area contributed by atoms with E-state index in [1.54, 1.807) is 0 Å². The molecular weight excluding hydrogens is 328 g/mol. The van der Waals surface area contributed by atoms with Crippen LogP contribution < -0.4 is 10.6 Å². The highest BCUT2D eigenvalue weighted by Crippen LogP contribution is 2.05. The van der Waals surface area contributed by atoms with Gasteiger partial charge in [0, 0.05) is 9.82 Å². The Morgan fingerprint density at radius 3 is 2.00 bits per heavy atom. The van der Waals surface area contributed by atoms with Crippen molar-refractivity contribution in [3.8, 4) is 0 Å². The Morgan fingerprint density at radius 2 is 1.58 bits per heavy atom. The molecule has 4 atom stereocenters. The second-order valence-electron chi connectivity index (χ2n) is 4.34. The number of nitrogens with one attached hydrogen (secondary N) is 2. The van der Waals surface area contributed by atoms with Gasteiger partial charge in [0.1, 0.15) is 31.5 Å². The van der Waals surface area contributed by atoms with Gasteiger partial charge in [0.2, 0.25) is 11.8 Å². The molecule has 0 aliphatic carbocycles. The van der Waals surface area contributed by atoms with Gasteiger partial charge >= 0.3 is 0 Å². The van der Waals surface area contributed by atoms with E-state index in [-0.39, 0.29) is 6.29 Å². The van der Waals surface area contributed by atoms with E-state index < -0.39 is 55.8 Å². The SMILES string of the molecule is [N-]=[N+]=NCC(=O)N[C@@H]([C@H](O)[C@@H](C=O)NC(=O)CN=[N+]=[N-])[C@H](O)CO. The summed E-state index contributed by atoms with van der Waals surface area (Å²) >= 11 is 0. The van der Waals surface area contributed by atoms with Crippen LogP contribution in [-0.4, -0.2) is 77.4 Å². The third-order valence-corrected chi connectivity index (χ3v) is 2.69. The molecule has 0 unspecified atom stereocenters. The fraction of sp³-hybridized carbons (Fsp3) is 0.700. The van der Waals surface area contributed by atoms with E-state index in [0.717, 1.165) is 0 Å². The predicted molar refractivity (Wildman–Crippen MR) is 77.1 cm³/mol. The molecule has 0 saturated carbocycles. The molecule has 0 radical (unpaired) electrons. The van der Waals surface area contributed by atoms with Gasteiger partial charge in [0.25, 0.3) is 0 Å². The van der Waals surface area contributed by atoms with Crippen LogP contribution in [0, 0.1) is 0 Å². The summed E-state index contributed by atoms with van der Waals surface area (Å²) in [4.78, 5) is 38.6. The molecule has 0 saturated heterocycles. The van der Waals surface area contributed by atoms with Gasteiger partial charge < -0.3 is 30.7 Å². The summed E-state index contributed by atoms with van der Waals surface area (Å²) in [5.74, 6) is -1.78. The molecule has 0 bridgehead atoms. The standard InChI is InChI=1S/C10H16N8O6/c11-17-13-1-7(22)15-5(3-19)10(24)9(6(21)4-20)16-8(23)2-14-18-12/h3,5-6,9-10,20-21,24H,1-2,4H2,(H,15,22)(H,16,23)/t5-,6-,9-,10-/m1/s1. The Kier molecular flexibility index (Phi) is 10.2. The van der Waals surface area contributed by atoms with Crippen LogP contribution in [-0.2, 0) is 14.4 Å². The van der Waals surface area contributed by atoms with Crippen molar-refractivity contribution < 1.29 is 29.7 Å². The van der Waals surface area contributed by atoms with Gasteiger partial charge in [-0.1, -0.05) is 10.2 Å². The first-order chi connectivity index (χ1) is 11.4. The zero-order valence-electron chi connectivity index (χ0n) is 12.3. The summed E-state index contributed by atoms with van der Waals surface area (Å²) in [5, 5.41) is 38.8. The second kappa shape index (κ2) is 11.6. The summed E-state index contributed by atoms with van der Waals surface area (Å²) in [6.45, 7) is -2.15. The van der Waals surface area contributed by atoms with E-state index in [9.17, 15) is 24.6 Å². The molecule has 0 aliphatic heterocycles. The number of aldehydes is 1. The summed E-state index contributed by atoms with van der Waals surface area (Å²) in [6.07, 6.45) is -3.36. The number of carbonyl (C=O) groups is 3. The number of carbonyl (C=O) groups excluding carboxylic acids is 3. The van der Waals surface area contributed by atoms with E-state index in [0.29, 0.717) is 0 Å². The van der Waals surface area contributed by atoms with Gasteiger partial charge in [0.05, 0.1) is 18.8 Å². The highest BCUT2D eigenvalue weighted by atomic mass is 16.3. The predicted octanol–water partition coefficient (Wildman–Crippen LogP) is -2.51. The van der Waals surface area contributed by atoms with Gasteiger partial charge in [0.15, 0.2) is 0 Å². The lowest BCUT2D eigenvalue weighted by Crippen LogP contribution is -2.60. The topological polar surface area (TPSA) is 233 Å². The number of nitrogens with zero attached hydrogens (tertiary/aromatic N) is 6. The smallest absolute Gasteiger partial charge is 0.226 e. The highest BCUT2D eigenvalue weighted by molar-refractivity contribution is 5.82. The Labute approximate surface area is 134 Å². The van der Waals surface area contributed by atoms with Crippen LogP contribution in [0.3, 0.4) is 0 Å². The van der Waals surface area contributed by atoms with Crippen LogP contribution in [0.5, 0.6) is 0 Å². The van der Waals surface area contributed by atoms with Gasteiger partial charge in [-0.05, 0) is 11.1 Å². The van der Waals surface area contributed by atoms with Crippen LogP contribution in [0.1, 0.15) is 0 Å². The van der Waals surface area contributed by atoms with Crippen molar-refractivity contribution in [3.05, 3.63) is 20.9 Å². The number of aliphatic hydroxyl groups is 3. The van der Waals surface area contributed by atoms with E-state index in [1.807, 2.05) is 5.32 Å². The Hall–Kier alpha value is -2.89. The van der Waals surface area contributed by atoms with Gasteiger partial charge in [-0.3, -0.25) is 9.59 Å². The molecule has 0 aromatic carbocycles. The molecule has 14 heteroatoms. The Balaban J connectivity index is 5.09. The maximum absolute atomic E-state index is 11.5. The molecule has 2 amide bonds. The van der Waals surface area contributed by atoms with Crippen molar-refractivity contribution in [2.45, 2.75) is 24.3 Å². The molecule has 5 N–H and O–H groups in total. The lowest BCUT2D eigenvalue weighted by molar-refractivity contribution is -0.128. The van der Waals surface area contributed by atoms with E-state index in [2.05, 4.69) is 25.4 Å². The number of hydrogen-bond acceptors (Lipinski definition) is 8. The van der Waals surface area contributed by atoms with Crippen molar-refractivity contribution >= 4 is 18.1 Å². The third kappa shape index (κ3) is 7.40. The van der Waals surface area contributed by atoms with Crippen LogP contribution in [0.4, 0.5) is 0 Å². The zero-order chi connectivity index (χ0) is 18.5. The van der Waals surface area contributed by atoms with Gasteiger partial charge in [-0.15, -0.1) is 0 Å². The second-order valence-corrected chi connectivity index (χ2v) is 4.34. The molecule has 14 nitrogen and oxygen atoms in total. The average Bonchev–Trinajstić information content (AvgIpc) is 2.59. The minimum Gasteiger partial charge on any atom is -0.394 e. The van der Waals surface area contributed by atoms with Crippen molar-refractivity contribution in [1.82, 2.24) is 10.6 Å². The Bertz CT molecular complexity index is 543. The van der Waals surface area contributed by atoms with E-state index >= 15 is 0 Å². The van der Waals surface area contributed by atoms with Crippen LogP contribution in [0.2, 0.25) is 0 Å². The molecule has 0 heterocycles. The molecule has 0 aliphatic rings. The normalized spacial score (nSPS) is 14.8. The van der Waals surface area contributed by atoms with Crippen molar-refractivity contribution in [2.24, 2.45) is 10.2 Å². The minimum atomic E-state index is -1.82. The lowest BCUT2D eigenvalue weighted by atomic mass is 9.99. The fourth-order valence-corrected chi connectivity index (χ4v) is 1.60. The van der Waals surface area contributed by atoms with Crippen molar-refractivity contribution in [1.29, 1.82) is 0 Å². The first-order valence-corrected chi connectivity index (χ1v) is 6.44. The molecule has 0 aromatic heterocycles. The third-order valence-electron chi connectivity index (χ3n) is 2.69. The number of rotatable bonds is 11. The van der Waals surface area contributed by atoms with E-state index in [1.165, 1.54) is 0 Å². The van der Waals surface area contributed by atoms with Gasteiger partial charge in [-0.2, -0.15) is 0 Å². The number of aliphatic hydroxyl groups excluding tert-OH is 3. The Morgan fingerprint density at radius 1 is 1.08 bits per heavy atom. The zero-order valence-corrected chi connectivity index (χ0v) is 12.3. The quantitative estimate of drug-likeness (QED) is 0.117. The van der Waals surface area contributed by atoms with E-state index in [4.69, 9.17) is 16.2 Å². The minimum absolute atomic E-state index is 0.134. The fourth-order valence-electron chi connectivity index (χ4n) is 1.60. The lowest BCUT2D eigenvalue weighted by Gasteiger charge is -2.30. The highest BCUT2D eigenvalue weighted by Gasteiger charge is 2.34. The van der Waals surface area contributed by atoms with Crippen molar-refractivity contribution in [2.75, 3.05) is 19.7 Å². The molecule has 0 fully saturated rings. The molecule has 0 rings (SSSR count). The number of hydrogen-bond donors (Lipinski definition) is 5. The van der Waals surface area contributed by atoms with Crippen molar-refractivity contribution in [3.63, 3.8) is 0 Å².